The highest BCUT2D eigenvalue weighted by atomic mass is 16.2. The molecule has 0 bridgehead atoms. The van der Waals surface area contributed by atoms with Gasteiger partial charge in [-0.3, -0.25) is 15.2 Å². The van der Waals surface area contributed by atoms with E-state index in [0.717, 1.165) is 5.69 Å². The first-order valence-corrected chi connectivity index (χ1v) is 3.73. The molecule has 2 rings (SSSR count). The summed E-state index contributed by atoms with van der Waals surface area (Å²) in [6.45, 7) is 0.365. The number of benzene rings is 1. The Labute approximate surface area is 70.1 Å². The van der Waals surface area contributed by atoms with E-state index < -0.39 is 0 Å². The van der Waals surface area contributed by atoms with Gasteiger partial charge in [-0.15, -0.1) is 5.53 Å². The summed E-state index contributed by atoms with van der Waals surface area (Å²) in [5, 5.41) is 1.75. The second kappa shape index (κ2) is 2.83. The highest BCUT2D eigenvalue weighted by molar-refractivity contribution is 5.83. The molecule has 1 heterocycles. The van der Waals surface area contributed by atoms with E-state index in [9.17, 15) is 4.79 Å². The number of nitrogens with one attached hydrogen (secondary N) is 2. The second-order valence-corrected chi connectivity index (χ2v) is 2.58. The minimum Gasteiger partial charge on any atom is -0.281 e. The first-order chi connectivity index (χ1) is 5.86. The Balaban J connectivity index is 2.16. The molecule has 0 aliphatic carbocycles. The van der Waals surface area contributed by atoms with Gasteiger partial charge >= 0.3 is 0 Å². The standard InChI is InChI=1S/C8H9N3O/c12-8-6-11(10-9-8)7-4-2-1-3-5-7/h1-5,10H,6H2,(H,9,12). The summed E-state index contributed by atoms with van der Waals surface area (Å²) in [7, 11) is 0. The molecule has 12 heavy (non-hydrogen) atoms. The van der Waals surface area contributed by atoms with Crippen LogP contribution in [0.4, 0.5) is 5.69 Å². The van der Waals surface area contributed by atoms with Crippen LogP contribution in [0.25, 0.3) is 0 Å². The van der Waals surface area contributed by atoms with Gasteiger partial charge in [0.1, 0.15) is 6.54 Å². The normalized spacial score (nSPS) is 16.3. The quantitative estimate of drug-likeness (QED) is 0.614. The van der Waals surface area contributed by atoms with Crippen LogP contribution < -0.4 is 16.0 Å². The van der Waals surface area contributed by atoms with E-state index in [4.69, 9.17) is 0 Å². The van der Waals surface area contributed by atoms with Crippen molar-refractivity contribution in [2.24, 2.45) is 0 Å². The van der Waals surface area contributed by atoms with Crippen LogP contribution in [0.3, 0.4) is 0 Å². The zero-order valence-corrected chi connectivity index (χ0v) is 6.45. The molecule has 0 unspecified atom stereocenters. The van der Waals surface area contributed by atoms with Crippen LogP contribution in [0.1, 0.15) is 0 Å². The van der Waals surface area contributed by atoms with E-state index in [1.165, 1.54) is 0 Å². The molecular weight excluding hydrogens is 154 g/mol. The number of nitrogens with zero attached hydrogens (tertiary/aromatic N) is 1. The zero-order chi connectivity index (χ0) is 8.39. The van der Waals surface area contributed by atoms with E-state index >= 15 is 0 Å². The van der Waals surface area contributed by atoms with Crippen LogP contribution in [0, 0.1) is 0 Å². The monoisotopic (exact) mass is 163 g/mol. The van der Waals surface area contributed by atoms with Crippen molar-refractivity contribution in [1.82, 2.24) is 11.0 Å². The van der Waals surface area contributed by atoms with Crippen molar-refractivity contribution in [2.45, 2.75) is 0 Å². The van der Waals surface area contributed by atoms with Crippen LogP contribution >= 0.6 is 0 Å². The van der Waals surface area contributed by atoms with Crippen LogP contribution in [-0.2, 0) is 4.79 Å². The fourth-order valence-electron chi connectivity index (χ4n) is 1.12. The van der Waals surface area contributed by atoms with Gasteiger partial charge in [0.2, 0.25) is 0 Å². The predicted molar refractivity (Wildman–Crippen MR) is 45.1 cm³/mol. The van der Waals surface area contributed by atoms with Gasteiger partial charge in [0.05, 0.1) is 5.69 Å². The van der Waals surface area contributed by atoms with E-state index in [1.807, 2.05) is 30.3 Å². The Kier molecular flexibility index (Phi) is 1.68. The lowest BCUT2D eigenvalue weighted by Crippen LogP contribution is -2.36. The van der Waals surface area contributed by atoms with E-state index in [0.29, 0.717) is 6.54 Å². The minimum atomic E-state index is -0.0150. The first-order valence-electron chi connectivity index (χ1n) is 3.73. The molecule has 62 valence electrons. The van der Waals surface area contributed by atoms with Gasteiger partial charge in [0, 0.05) is 0 Å². The van der Waals surface area contributed by atoms with E-state index in [2.05, 4.69) is 11.0 Å². The van der Waals surface area contributed by atoms with Gasteiger partial charge in [-0.05, 0) is 12.1 Å². The SMILES string of the molecule is O=C1CN(c2ccccc2)NN1. The number of hydrogen-bond donors (Lipinski definition) is 2. The van der Waals surface area contributed by atoms with Gasteiger partial charge in [0.15, 0.2) is 0 Å². The number of anilines is 1. The van der Waals surface area contributed by atoms with Crippen molar-refractivity contribution in [2.75, 3.05) is 11.6 Å². The average Bonchev–Trinajstić information content (AvgIpc) is 2.54. The van der Waals surface area contributed by atoms with Gasteiger partial charge in [-0.25, -0.2) is 0 Å². The van der Waals surface area contributed by atoms with Crippen LogP contribution in [-0.4, -0.2) is 12.5 Å². The fraction of sp³-hybridized carbons (Fsp3) is 0.125. The molecule has 4 nitrogen and oxygen atoms in total. The van der Waals surface area contributed by atoms with Gasteiger partial charge in [-0.2, -0.15) is 0 Å². The lowest BCUT2D eigenvalue weighted by Gasteiger charge is -2.14. The fourth-order valence-corrected chi connectivity index (χ4v) is 1.12. The molecule has 1 amide bonds. The van der Waals surface area contributed by atoms with Gasteiger partial charge < -0.3 is 0 Å². The number of para-hydroxylation sites is 1. The maximum absolute atomic E-state index is 10.8. The average molecular weight is 163 g/mol. The molecule has 0 radical (unpaired) electrons. The number of hydrogen-bond acceptors (Lipinski definition) is 3. The lowest BCUT2D eigenvalue weighted by molar-refractivity contribution is -0.118. The lowest BCUT2D eigenvalue weighted by atomic mass is 10.3. The summed E-state index contributed by atoms with van der Waals surface area (Å²) in [6.07, 6.45) is 0. The summed E-state index contributed by atoms with van der Waals surface area (Å²) >= 11 is 0. The van der Waals surface area contributed by atoms with Crippen molar-refractivity contribution in [1.29, 1.82) is 0 Å². The molecule has 2 N–H and O–H groups in total. The largest absolute Gasteiger partial charge is 0.281 e. The highest BCUT2D eigenvalue weighted by Crippen LogP contribution is 2.11. The summed E-state index contributed by atoms with van der Waals surface area (Å²) in [4.78, 5) is 10.8. The summed E-state index contributed by atoms with van der Waals surface area (Å²) in [6, 6.07) is 9.68. The molecule has 1 saturated heterocycles. The maximum Gasteiger partial charge on any atom is 0.256 e. The Bertz CT molecular complexity index is 286. The Morgan fingerprint density at radius 1 is 1.25 bits per heavy atom. The Morgan fingerprint density at radius 2 is 2.00 bits per heavy atom. The van der Waals surface area contributed by atoms with E-state index in [-0.39, 0.29) is 5.91 Å². The maximum atomic E-state index is 10.8. The number of carbonyl (C=O) groups is 1. The van der Waals surface area contributed by atoms with Crippen molar-refractivity contribution >= 4 is 11.6 Å². The smallest absolute Gasteiger partial charge is 0.256 e. The molecule has 0 saturated carbocycles. The molecular formula is C8H9N3O. The molecule has 1 aliphatic rings. The highest BCUT2D eigenvalue weighted by Gasteiger charge is 2.17. The molecule has 0 atom stereocenters. The van der Waals surface area contributed by atoms with Crippen molar-refractivity contribution in [3.05, 3.63) is 30.3 Å². The van der Waals surface area contributed by atoms with Crippen LogP contribution in [0.15, 0.2) is 30.3 Å². The second-order valence-electron chi connectivity index (χ2n) is 2.58. The molecule has 1 aliphatic heterocycles. The molecule has 1 aromatic rings. The van der Waals surface area contributed by atoms with Gasteiger partial charge in [0.25, 0.3) is 5.91 Å². The number of amides is 1. The third-order valence-corrected chi connectivity index (χ3v) is 1.70. The number of carbonyl (C=O) groups excluding carboxylic acids is 1. The predicted octanol–water partition coefficient (Wildman–Crippen LogP) is 0.0424. The molecule has 1 aromatic carbocycles. The summed E-state index contributed by atoms with van der Waals surface area (Å²) in [5.74, 6) is -0.0150. The summed E-state index contributed by atoms with van der Waals surface area (Å²) < 4.78 is 0. The zero-order valence-electron chi connectivity index (χ0n) is 6.45. The molecule has 0 spiro atoms. The number of hydrazine groups is 2. The topological polar surface area (TPSA) is 44.4 Å². The Morgan fingerprint density at radius 3 is 2.58 bits per heavy atom. The molecule has 4 heteroatoms. The molecule has 0 aromatic heterocycles. The van der Waals surface area contributed by atoms with Crippen molar-refractivity contribution < 1.29 is 4.79 Å². The molecule has 1 fully saturated rings. The number of rotatable bonds is 1. The van der Waals surface area contributed by atoms with Crippen molar-refractivity contribution in [3.8, 4) is 0 Å². The van der Waals surface area contributed by atoms with Crippen molar-refractivity contribution in [3.63, 3.8) is 0 Å². The van der Waals surface area contributed by atoms with Crippen LogP contribution in [0.2, 0.25) is 0 Å². The van der Waals surface area contributed by atoms with E-state index in [1.54, 1.807) is 5.01 Å². The third kappa shape index (κ3) is 1.24. The third-order valence-electron chi connectivity index (χ3n) is 1.70. The minimum absolute atomic E-state index is 0.0150. The summed E-state index contributed by atoms with van der Waals surface area (Å²) in [5.41, 5.74) is 6.24. The Hall–Kier alpha value is -1.55. The first kappa shape index (κ1) is 7.12. The van der Waals surface area contributed by atoms with Gasteiger partial charge in [-0.1, -0.05) is 18.2 Å². The van der Waals surface area contributed by atoms with Crippen LogP contribution in [0.5, 0.6) is 0 Å².